The maximum atomic E-state index is 12.8. The maximum absolute atomic E-state index is 12.8. The van der Waals surface area contributed by atoms with Crippen LogP contribution in [0.1, 0.15) is 19.3 Å². The number of carbonyl (C=O) groups is 1. The van der Waals surface area contributed by atoms with Gasteiger partial charge in [0.1, 0.15) is 10.3 Å². The van der Waals surface area contributed by atoms with Crippen molar-refractivity contribution in [2.75, 3.05) is 28.5 Å². The van der Waals surface area contributed by atoms with Crippen molar-refractivity contribution >= 4 is 48.7 Å². The van der Waals surface area contributed by atoms with Crippen LogP contribution in [-0.2, 0) is 24.8 Å². The summed E-state index contributed by atoms with van der Waals surface area (Å²) in [5.74, 6) is -0.244. The highest BCUT2D eigenvalue weighted by atomic mass is 32.2. The first-order chi connectivity index (χ1) is 13.8. The number of carbonyl (C=O) groups excluding carboxylic acids is 1. The third-order valence-electron chi connectivity index (χ3n) is 5.09. The van der Waals surface area contributed by atoms with Crippen molar-refractivity contribution < 1.29 is 21.6 Å². The first-order valence-corrected chi connectivity index (χ1v) is 13.2. The zero-order valence-electron chi connectivity index (χ0n) is 15.5. The second kappa shape index (κ2) is 7.71. The second-order valence-corrected chi connectivity index (χ2v) is 12.1. The molecule has 3 heterocycles. The summed E-state index contributed by atoms with van der Waals surface area (Å²) in [6, 6.07) is 9.01. The standard InChI is InChI=1S/C18H21N3O5S3/c22-18(16-4-1-10-21(16)29(25,26)17-5-2-12-27-17)19-14-6-8-15(9-7-14)20-11-3-13-28(20,23)24/h2,5-9,12,16H,1,3-4,10-11,13H2,(H,19,22). The predicted octanol–water partition coefficient (Wildman–Crippen LogP) is 2.08. The number of benzene rings is 1. The number of hydrogen-bond acceptors (Lipinski definition) is 6. The van der Waals surface area contributed by atoms with Gasteiger partial charge >= 0.3 is 0 Å². The highest BCUT2D eigenvalue weighted by Gasteiger charge is 2.40. The van der Waals surface area contributed by atoms with Crippen LogP contribution in [0.3, 0.4) is 0 Å². The Labute approximate surface area is 174 Å². The first kappa shape index (κ1) is 20.3. The molecule has 1 amide bonds. The monoisotopic (exact) mass is 455 g/mol. The van der Waals surface area contributed by atoms with Gasteiger partial charge in [-0.15, -0.1) is 11.3 Å². The number of sulfonamides is 2. The summed E-state index contributed by atoms with van der Waals surface area (Å²) in [7, 11) is -6.96. The van der Waals surface area contributed by atoms with Crippen LogP contribution in [0.25, 0.3) is 0 Å². The fourth-order valence-corrected chi connectivity index (χ4v) is 8.02. The van der Waals surface area contributed by atoms with Crippen molar-refractivity contribution in [3.05, 3.63) is 41.8 Å². The summed E-state index contributed by atoms with van der Waals surface area (Å²) in [5, 5.41) is 4.45. The van der Waals surface area contributed by atoms with Gasteiger partial charge in [-0.1, -0.05) is 6.07 Å². The highest BCUT2D eigenvalue weighted by Crippen LogP contribution is 2.30. The van der Waals surface area contributed by atoms with E-state index in [4.69, 9.17) is 0 Å². The average Bonchev–Trinajstić information content (AvgIpc) is 3.43. The Morgan fingerprint density at radius 2 is 1.86 bits per heavy atom. The lowest BCUT2D eigenvalue weighted by Crippen LogP contribution is -2.42. The molecule has 8 nitrogen and oxygen atoms in total. The van der Waals surface area contributed by atoms with E-state index in [0.29, 0.717) is 43.7 Å². The lowest BCUT2D eigenvalue weighted by molar-refractivity contribution is -0.119. The molecule has 0 aliphatic carbocycles. The van der Waals surface area contributed by atoms with Gasteiger partial charge in [0.15, 0.2) is 0 Å². The largest absolute Gasteiger partial charge is 0.325 e. The lowest BCUT2D eigenvalue weighted by Gasteiger charge is -2.23. The lowest BCUT2D eigenvalue weighted by atomic mass is 10.2. The Morgan fingerprint density at radius 3 is 2.48 bits per heavy atom. The van der Waals surface area contributed by atoms with E-state index < -0.39 is 26.1 Å². The minimum absolute atomic E-state index is 0.141. The molecule has 1 N–H and O–H groups in total. The second-order valence-electron chi connectivity index (χ2n) is 6.98. The van der Waals surface area contributed by atoms with E-state index in [2.05, 4.69) is 5.32 Å². The Morgan fingerprint density at radius 1 is 1.10 bits per heavy atom. The molecule has 2 aromatic rings. The minimum Gasteiger partial charge on any atom is -0.325 e. The number of thiophene rings is 1. The Balaban J connectivity index is 1.48. The fourth-order valence-electron chi connectivity index (χ4n) is 3.68. The summed E-state index contributed by atoms with van der Waals surface area (Å²) < 4.78 is 52.5. The molecule has 1 unspecified atom stereocenters. The van der Waals surface area contributed by atoms with Gasteiger partial charge in [0.05, 0.1) is 11.4 Å². The van der Waals surface area contributed by atoms with Crippen LogP contribution in [0.5, 0.6) is 0 Å². The SMILES string of the molecule is O=C(Nc1ccc(N2CCCS2(=O)=O)cc1)C1CCCN1S(=O)(=O)c1cccs1. The fraction of sp³-hybridized carbons (Fsp3) is 0.389. The molecule has 156 valence electrons. The van der Waals surface area contributed by atoms with E-state index >= 15 is 0 Å². The Kier molecular flexibility index (Phi) is 5.40. The van der Waals surface area contributed by atoms with E-state index in [9.17, 15) is 21.6 Å². The van der Waals surface area contributed by atoms with Crippen LogP contribution in [0, 0.1) is 0 Å². The van der Waals surface area contributed by atoms with E-state index in [0.717, 1.165) is 11.3 Å². The molecule has 11 heteroatoms. The van der Waals surface area contributed by atoms with Crippen LogP contribution in [0.4, 0.5) is 11.4 Å². The molecule has 0 radical (unpaired) electrons. The molecule has 2 fully saturated rings. The molecule has 1 atom stereocenters. The molecular weight excluding hydrogens is 434 g/mol. The summed E-state index contributed by atoms with van der Waals surface area (Å²) in [6.07, 6.45) is 1.67. The zero-order valence-corrected chi connectivity index (χ0v) is 18.0. The molecular formula is C18H21N3O5S3. The molecule has 0 bridgehead atoms. The van der Waals surface area contributed by atoms with Gasteiger partial charge in [-0.05, 0) is 55.0 Å². The molecule has 2 aliphatic heterocycles. The van der Waals surface area contributed by atoms with E-state index in [1.165, 1.54) is 8.61 Å². The maximum Gasteiger partial charge on any atom is 0.253 e. The van der Waals surface area contributed by atoms with E-state index in [1.807, 2.05) is 0 Å². The van der Waals surface area contributed by atoms with Crippen LogP contribution >= 0.6 is 11.3 Å². The van der Waals surface area contributed by atoms with Crippen LogP contribution in [0.2, 0.25) is 0 Å². The van der Waals surface area contributed by atoms with Gasteiger partial charge in [-0.2, -0.15) is 4.31 Å². The third-order valence-corrected chi connectivity index (χ3v) is 10.2. The number of nitrogens with zero attached hydrogens (tertiary/aromatic N) is 2. The smallest absolute Gasteiger partial charge is 0.253 e. The topological polar surface area (TPSA) is 104 Å². The van der Waals surface area contributed by atoms with Crippen LogP contribution in [-0.4, -0.2) is 51.9 Å². The van der Waals surface area contributed by atoms with Crippen LogP contribution in [0.15, 0.2) is 46.0 Å². The number of anilines is 2. The molecule has 1 aromatic carbocycles. The van der Waals surface area contributed by atoms with Gasteiger partial charge < -0.3 is 5.32 Å². The molecule has 1 aromatic heterocycles. The summed E-state index contributed by atoms with van der Waals surface area (Å²) in [4.78, 5) is 12.8. The van der Waals surface area contributed by atoms with Crippen molar-refractivity contribution in [3.63, 3.8) is 0 Å². The van der Waals surface area contributed by atoms with Crippen molar-refractivity contribution in [2.45, 2.75) is 29.5 Å². The average molecular weight is 456 g/mol. The Bertz CT molecular complexity index is 1100. The third kappa shape index (κ3) is 3.91. The van der Waals surface area contributed by atoms with Gasteiger partial charge in [0.2, 0.25) is 15.9 Å². The summed E-state index contributed by atoms with van der Waals surface area (Å²) in [6.45, 7) is 0.760. The molecule has 0 saturated carbocycles. The van der Waals surface area contributed by atoms with E-state index in [-0.39, 0.29) is 15.9 Å². The van der Waals surface area contributed by atoms with Crippen molar-refractivity contribution in [3.8, 4) is 0 Å². The zero-order chi connectivity index (χ0) is 20.6. The van der Waals surface area contributed by atoms with Gasteiger partial charge in [0.25, 0.3) is 10.0 Å². The molecule has 4 rings (SSSR count). The normalized spacial score (nSPS) is 22.1. The van der Waals surface area contributed by atoms with E-state index in [1.54, 1.807) is 41.8 Å². The molecule has 29 heavy (non-hydrogen) atoms. The highest BCUT2D eigenvalue weighted by molar-refractivity contribution is 7.93. The Hall–Kier alpha value is -1.95. The van der Waals surface area contributed by atoms with Crippen molar-refractivity contribution in [1.29, 1.82) is 0 Å². The molecule has 0 spiro atoms. The number of hydrogen-bond donors (Lipinski definition) is 1. The van der Waals surface area contributed by atoms with Gasteiger partial charge in [-0.3, -0.25) is 9.10 Å². The minimum atomic E-state index is -3.69. The quantitative estimate of drug-likeness (QED) is 0.743. The number of rotatable bonds is 5. The first-order valence-electron chi connectivity index (χ1n) is 9.26. The molecule has 2 aliphatic rings. The predicted molar refractivity (Wildman–Crippen MR) is 112 cm³/mol. The van der Waals surface area contributed by atoms with Gasteiger partial charge in [-0.25, -0.2) is 16.8 Å². The van der Waals surface area contributed by atoms with Crippen molar-refractivity contribution in [1.82, 2.24) is 4.31 Å². The summed E-state index contributed by atoms with van der Waals surface area (Å²) >= 11 is 1.13. The number of amides is 1. The summed E-state index contributed by atoms with van der Waals surface area (Å²) in [5.41, 5.74) is 1.05. The van der Waals surface area contributed by atoms with Crippen molar-refractivity contribution in [2.24, 2.45) is 0 Å². The van der Waals surface area contributed by atoms with Crippen LogP contribution < -0.4 is 9.62 Å². The molecule has 2 saturated heterocycles. The van der Waals surface area contributed by atoms with Gasteiger partial charge in [0, 0.05) is 18.8 Å². The number of nitrogens with one attached hydrogen (secondary N) is 1.